The van der Waals surface area contributed by atoms with Gasteiger partial charge in [-0.15, -0.1) is 0 Å². The van der Waals surface area contributed by atoms with Crippen LogP contribution in [0.5, 0.6) is 0 Å². The summed E-state index contributed by atoms with van der Waals surface area (Å²) >= 11 is 6.04. The predicted molar refractivity (Wildman–Crippen MR) is 103 cm³/mol. The predicted octanol–water partition coefficient (Wildman–Crippen LogP) is 4.22. The highest BCUT2D eigenvalue weighted by Gasteiger charge is 2.39. The van der Waals surface area contributed by atoms with Gasteiger partial charge in [0.25, 0.3) is 0 Å². The Morgan fingerprint density at radius 2 is 2.04 bits per heavy atom. The Labute approximate surface area is 164 Å². The van der Waals surface area contributed by atoms with Gasteiger partial charge in [0, 0.05) is 24.7 Å². The third-order valence-electron chi connectivity index (χ3n) is 5.01. The van der Waals surface area contributed by atoms with Crippen molar-refractivity contribution in [1.29, 1.82) is 5.26 Å². The molecule has 1 aliphatic rings. The van der Waals surface area contributed by atoms with E-state index in [0.29, 0.717) is 23.4 Å². The Hall–Kier alpha value is -2.16. The van der Waals surface area contributed by atoms with Crippen LogP contribution in [0.25, 0.3) is 6.08 Å². The van der Waals surface area contributed by atoms with Gasteiger partial charge in [-0.3, -0.25) is 9.59 Å². The monoisotopic (exact) mass is 389 g/mol. The van der Waals surface area contributed by atoms with Gasteiger partial charge in [0.15, 0.2) is 0 Å². The molecule has 5 nitrogen and oxygen atoms in total. The molecule has 0 spiro atoms. The molecule has 0 bridgehead atoms. The zero-order valence-electron chi connectivity index (χ0n) is 15.1. The van der Waals surface area contributed by atoms with Crippen molar-refractivity contribution in [1.82, 2.24) is 0 Å². The van der Waals surface area contributed by atoms with Crippen molar-refractivity contribution < 1.29 is 19.8 Å². The molecule has 0 aliphatic heterocycles. The average molecular weight is 390 g/mol. The van der Waals surface area contributed by atoms with E-state index >= 15 is 0 Å². The fourth-order valence-electron chi connectivity index (χ4n) is 3.53. The summed E-state index contributed by atoms with van der Waals surface area (Å²) in [5, 5.41) is 28.2. The fourth-order valence-corrected chi connectivity index (χ4v) is 3.77. The van der Waals surface area contributed by atoms with Gasteiger partial charge in [-0.1, -0.05) is 49.1 Å². The molecule has 1 aromatic rings. The molecule has 0 saturated heterocycles. The van der Waals surface area contributed by atoms with E-state index in [0.717, 1.165) is 24.8 Å². The first-order chi connectivity index (χ1) is 12.9. The Morgan fingerprint density at radius 1 is 1.30 bits per heavy atom. The molecule has 2 N–H and O–H groups in total. The number of hydrogen-bond acceptors (Lipinski definition) is 4. The Balaban J connectivity index is 1.93. The second-order valence-corrected chi connectivity index (χ2v) is 7.39. The number of carboxylic acid groups (broad SMARTS) is 1. The topological polar surface area (TPSA) is 98.4 Å². The van der Waals surface area contributed by atoms with Crippen molar-refractivity contribution in [2.24, 2.45) is 11.8 Å². The quantitative estimate of drug-likeness (QED) is 0.616. The van der Waals surface area contributed by atoms with Crippen LogP contribution in [0, 0.1) is 23.2 Å². The van der Waals surface area contributed by atoms with Crippen molar-refractivity contribution in [3.63, 3.8) is 0 Å². The maximum absolute atomic E-state index is 12.2. The molecule has 1 aliphatic carbocycles. The molecule has 27 heavy (non-hydrogen) atoms. The lowest BCUT2D eigenvalue weighted by Crippen LogP contribution is -2.18. The van der Waals surface area contributed by atoms with Crippen LogP contribution < -0.4 is 0 Å². The highest BCUT2D eigenvalue weighted by atomic mass is 35.5. The number of benzene rings is 1. The number of nitrogens with zero attached hydrogens (tertiary/aromatic N) is 1. The van der Waals surface area contributed by atoms with E-state index in [1.54, 1.807) is 18.2 Å². The third-order valence-corrected chi connectivity index (χ3v) is 5.33. The number of hydrogen-bond donors (Lipinski definition) is 2. The van der Waals surface area contributed by atoms with Gasteiger partial charge in [-0.05, 0) is 30.5 Å². The van der Waals surface area contributed by atoms with Crippen LogP contribution in [0.1, 0.15) is 56.1 Å². The second kappa shape index (κ2) is 10.2. The van der Waals surface area contributed by atoms with Crippen molar-refractivity contribution in [3.8, 4) is 6.07 Å². The number of rotatable bonds is 9. The van der Waals surface area contributed by atoms with Crippen molar-refractivity contribution in [3.05, 3.63) is 40.4 Å². The zero-order valence-corrected chi connectivity index (χ0v) is 15.9. The second-order valence-electron chi connectivity index (χ2n) is 6.98. The number of halogens is 1. The van der Waals surface area contributed by atoms with Gasteiger partial charge in [0.05, 0.1) is 16.7 Å². The first-order valence-electron chi connectivity index (χ1n) is 9.22. The van der Waals surface area contributed by atoms with Gasteiger partial charge >= 0.3 is 5.97 Å². The van der Waals surface area contributed by atoms with E-state index in [2.05, 4.69) is 0 Å². The van der Waals surface area contributed by atoms with Crippen LogP contribution in [0.3, 0.4) is 0 Å². The molecule has 3 unspecified atom stereocenters. The average Bonchev–Trinajstić information content (AvgIpc) is 2.89. The molecule has 3 atom stereocenters. The van der Waals surface area contributed by atoms with Gasteiger partial charge in [0.2, 0.25) is 0 Å². The summed E-state index contributed by atoms with van der Waals surface area (Å²) in [4.78, 5) is 22.7. The largest absolute Gasteiger partial charge is 0.481 e. The molecule has 144 valence electrons. The molecule has 0 amide bonds. The molecule has 1 saturated carbocycles. The lowest BCUT2D eigenvalue weighted by Gasteiger charge is -2.17. The number of Topliss-reactive ketones (excluding diaryl/α,β-unsaturated/α-hetero) is 1. The summed E-state index contributed by atoms with van der Waals surface area (Å²) in [5.41, 5.74) is 1.23. The van der Waals surface area contributed by atoms with Crippen LogP contribution in [-0.4, -0.2) is 28.1 Å². The number of ketones is 1. The Bertz CT molecular complexity index is 753. The molecule has 2 rings (SSSR count). The van der Waals surface area contributed by atoms with Crippen LogP contribution >= 0.6 is 11.6 Å². The molecular formula is C21H24ClNO4. The van der Waals surface area contributed by atoms with E-state index < -0.39 is 12.1 Å². The van der Waals surface area contributed by atoms with Crippen LogP contribution in [0.15, 0.2) is 24.3 Å². The number of carbonyl (C=O) groups excluding carboxylic acids is 1. The summed E-state index contributed by atoms with van der Waals surface area (Å²) in [6.45, 7) is 0. The highest BCUT2D eigenvalue weighted by Crippen LogP contribution is 2.35. The molecule has 0 aromatic heterocycles. The van der Waals surface area contributed by atoms with Crippen molar-refractivity contribution in [2.45, 2.75) is 51.0 Å². The van der Waals surface area contributed by atoms with E-state index in [9.17, 15) is 14.7 Å². The summed E-state index contributed by atoms with van der Waals surface area (Å²) in [6, 6.07) is 7.13. The van der Waals surface area contributed by atoms with Gasteiger partial charge in [0.1, 0.15) is 11.9 Å². The molecule has 6 heteroatoms. The molecule has 0 heterocycles. The van der Waals surface area contributed by atoms with Crippen molar-refractivity contribution >= 4 is 29.4 Å². The standard InChI is InChI=1S/C21H24ClNO4/c22-18-11-14(7-9-15(18)13-23)8-10-17-16(19(24)12-20(17)25)5-3-1-2-4-6-21(26)27/h7-11,16-17,20,25H,1-6,12H2,(H,26,27). The minimum absolute atomic E-state index is 0.0838. The van der Waals surface area contributed by atoms with Gasteiger partial charge in [-0.25, -0.2) is 0 Å². The summed E-state index contributed by atoms with van der Waals surface area (Å²) in [7, 11) is 0. The van der Waals surface area contributed by atoms with E-state index in [1.165, 1.54) is 0 Å². The highest BCUT2D eigenvalue weighted by molar-refractivity contribution is 6.31. The lowest BCUT2D eigenvalue weighted by atomic mass is 9.88. The fraction of sp³-hybridized carbons (Fsp3) is 0.476. The molecule has 0 radical (unpaired) electrons. The Kier molecular flexibility index (Phi) is 8.02. The maximum Gasteiger partial charge on any atom is 0.303 e. The van der Waals surface area contributed by atoms with Gasteiger partial charge < -0.3 is 10.2 Å². The normalized spacial score (nSPS) is 22.3. The summed E-state index contributed by atoms with van der Waals surface area (Å²) in [5.74, 6) is -1.13. The minimum Gasteiger partial charge on any atom is -0.481 e. The lowest BCUT2D eigenvalue weighted by molar-refractivity contribution is -0.137. The van der Waals surface area contributed by atoms with Crippen LogP contribution in [0.4, 0.5) is 0 Å². The number of carbonyl (C=O) groups is 2. The number of unbranched alkanes of at least 4 members (excludes halogenated alkanes) is 3. The number of nitriles is 1. The number of aliphatic hydroxyl groups is 1. The number of aliphatic hydroxyl groups excluding tert-OH is 1. The van der Waals surface area contributed by atoms with Gasteiger partial charge in [-0.2, -0.15) is 5.26 Å². The minimum atomic E-state index is -0.780. The van der Waals surface area contributed by atoms with Crippen LogP contribution in [-0.2, 0) is 9.59 Å². The van der Waals surface area contributed by atoms with E-state index in [-0.39, 0.29) is 30.5 Å². The maximum atomic E-state index is 12.2. The summed E-state index contributed by atoms with van der Waals surface area (Å²) < 4.78 is 0. The molecule has 1 fully saturated rings. The Morgan fingerprint density at radius 3 is 2.70 bits per heavy atom. The smallest absolute Gasteiger partial charge is 0.303 e. The molecular weight excluding hydrogens is 366 g/mol. The summed E-state index contributed by atoms with van der Waals surface area (Å²) in [6.07, 6.45) is 7.28. The number of carboxylic acids is 1. The first-order valence-corrected chi connectivity index (χ1v) is 9.60. The zero-order chi connectivity index (χ0) is 19.8. The van der Waals surface area contributed by atoms with E-state index in [4.69, 9.17) is 22.0 Å². The third kappa shape index (κ3) is 6.20. The molecule has 1 aromatic carbocycles. The van der Waals surface area contributed by atoms with E-state index in [1.807, 2.05) is 18.2 Å². The van der Waals surface area contributed by atoms with Crippen LogP contribution in [0.2, 0.25) is 5.02 Å². The SMILES string of the molecule is N#Cc1ccc(C=CC2C(O)CC(=O)C2CCCCCCC(=O)O)cc1Cl. The first kappa shape index (κ1) is 21.1. The van der Waals surface area contributed by atoms with Crippen molar-refractivity contribution in [2.75, 3.05) is 0 Å². The number of aliphatic carboxylic acids is 1.